The van der Waals surface area contributed by atoms with Gasteiger partial charge in [-0.3, -0.25) is 4.90 Å². The molecule has 6 nitrogen and oxygen atoms in total. The van der Waals surface area contributed by atoms with Gasteiger partial charge >= 0.3 is 0 Å². The average molecular weight is 567 g/mol. The lowest BCUT2D eigenvalue weighted by molar-refractivity contribution is 0.179. The number of aliphatic imine (C=N–C) groups is 1. The van der Waals surface area contributed by atoms with Crippen LogP contribution in [0.2, 0.25) is 0 Å². The summed E-state index contributed by atoms with van der Waals surface area (Å²) in [4.78, 5) is 7.20. The van der Waals surface area contributed by atoms with Crippen LogP contribution in [0.15, 0.2) is 53.5 Å². The molecule has 7 heteroatoms. The zero-order valence-electron chi connectivity index (χ0n) is 20.1. The molecule has 3 rings (SSSR count). The normalized spacial score (nSPS) is 15.2. The molecule has 0 radical (unpaired) electrons. The number of rotatable bonds is 10. The lowest BCUT2D eigenvalue weighted by Gasteiger charge is -2.17. The van der Waals surface area contributed by atoms with Crippen LogP contribution in [0.5, 0.6) is 5.75 Å². The van der Waals surface area contributed by atoms with Gasteiger partial charge in [0.2, 0.25) is 0 Å². The number of aliphatic hydroxyl groups excluding tert-OH is 1. The Kier molecular flexibility index (Phi) is 12.0. The Bertz CT molecular complexity index is 852. The monoisotopic (exact) mass is 566 g/mol. The molecule has 1 aliphatic heterocycles. The van der Waals surface area contributed by atoms with Gasteiger partial charge in [-0.05, 0) is 75.5 Å². The maximum Gasteiger partial charge on any atom is 0.191 e. The molecule has 1 unspecified atom stereocenters. The quantitative estimate of drug-likeness (QED) is 0.225. The van der Waals surface area contributed by atoms with Crippen molar-refractivity contribution in [3.05, 3.63) is 65.2 Å². The molecule has 1 fully saturated rings. The van der Waals surface area contributed by atoms with Crippen LogP contribution < -0.4 is 15.4 Å². The number of ether oxygens (including phenoxy) is 1. The minimum atomic E-state index is -0.653. The first-order valence-electron chi connectivity index (χ1n) is 11.8. The van der Waals surface area contributed by atoms with E-state index in [-0.39, 0.29) is 30.1 Å². The number of halogens is 1. The van der Waals surface area contributed by atoms with E-state index in [0.29, 0.717) is 19.0 Å². The second-order valence-corrected chi connectivity index (χ2v) is 8.63. The second kappa shape index (κ2) is 14.4. The van der Waals surface area contributed by atoms with Gasteiger partial charge in [0.1, 0.15) is 5.75 Å². The zero-order valence-corrected chi connectivity index (χ0v) is 22.4. The maximum absolute atomic E-state index is 10.6. The molecule has 3 N–H and O–H groups in total. The van der Waals surface area contributed by atoms with Crippen LogP contribution in [-0.2, 0) is 13.1 Å². The standard InChI is InChI=1S/C26H38N4O2.HI/c1-4-27-26(29-18-25(31)23-8-7-9-24(16-23)32-20(2)3)28-17-21-10-12-22(13-11-21)19-30-14-5-6-15-30;/h7-13,16,20,25,31H,4-6,14-15,17-19H2,1-3H3,(H2,27,28,29);1H. The Morgan fingerprint density at radius 1 is 1.06 bits per heavy atom. The van der Waals surface area contributed by atoms with Gasteiger partial charge in [-0.2, -0.15) is 0 Å². The van der Waals surface area contributed by atoms with Crippen molar-refractivity contribution in [3.8, 4) is 5.75 Å². The topological polar surface area (TPSA) is 69.1 Å². The lowest BCUT2D eigenvalue weighted by atomic mass is 10.1. The predicted molar refractivity (Wildman–Crippen MR) is 146 cm³/mol. The van der Waals surface area contributed by atoms with Gasteiger partial charge in [0.15, 0.2) is 5.96 Å². The number of aliphatic hydroxyl groups is 1. The summed E-state index contributed by atoms with van der Waals surface area (Å²) in [5.74, 6) is 1.47. The van der Waals surface area contributed by atoms with E-state index in [4.69, 9.17) is 4.74 Å². The smallest absolute Gasteiger partial charge is 0.191 e. The highest BCUT2D eigenvalue weighted by Crippen LogP contribution is 2.20. The number of nitrogens with zero attached hydrogens (tertiary/aromatic N) is 2. The highest BCUT2D eigenvalue weighted by atomic mass is 127. The van der Waals surface area contributed by atoms with Gasteiger partial charge in [0, 0.05) is 19.6 Å². The van der Waals surface area contributed by atoms with E-state index >= 15 is 0 Å². The molecule has 0 aliphatic carbocycles. The molecule has 0 aromatic heterocycles. The number of benzene rings is 2. The van der Waals surface area contributed by atoms with Gasteiger partial charge < -0.3 is 20.5 Å². The van der Waals surface area contributed by atoms with E-state index in [2.05, 4.69) is 44.8 Å². The third-order valence-corrected chi connectivity index (χ3v) is 5.47. The number of nitrogens with one attached hydrogen (secondary N) is 2. The number of hydrogen-bond donors (Lipinski definition) is 3. The maximum atomic E-state index is 10.6. The van der Waals surface area contributed by atoms with Crippen molar-refractivity contribution >= 4 is 29.9 Å². The highest BCUT2D eigenvalue weighted by Gasteiger charge is 2.12. The van der Waals surface area contributed by atoms with Crippen LogP contribution in [0.1, 0.15) is 56.4 Å². The first kappa shape index (κ1) is 27.4. The van der Waals surface area contributed by atoms with Crippen molar-refractivity contribution in [1.82, 2.24) is 15.5 Å². The van der Waals surface area contributed by atoms with Gasteiger partial charge in [-0.25, -0.2) is 4.99 Å². The van der Waals surface area contributed by atoms with Crippen LogP contribution in [0.3, 0.4) is 0 Å². The molecule has 2 aromatic carbocycles. The van der Waals surface area contributed by atoms with Crippen molar-refractivity contribution in [3.63, 3.8) is 0 Å². The van der Waals surface area contributed by atoms with E-state index in [0.717, 1.165) is 24.4 Å². The van der Waals surface area contributed by atoms with E-state index in [9.17, 15) is 5.11 Å². The third kappa shape index (κ3) is 9.51. The van der Waals surface area contributed by atoms with E-state index in [1.807, 2.05) is 45.0 Å². The Labute approximate surface area is 215 Å². The molecule has 0 bridgehead atoms. The molecule has 1 saturated heterocycles. The third-order valence-electron chi connectivity index (χ3n) is 5.47. The largest absolute Gasteiger partial charge is 0.491 e. The SMILES string of the molecule is CCNC(=NCc1ccc(CN2CCCC2)cc1)NCC(O)c1cccc(OC(C)C)c1.I. The molecule has 33 heavy (non-hydrogen) atoms. The summed E-state index contributed by atoms with van der Waals surface area (Å²) >= 11 is 0. The van der Waals surface area contributed by atoms with Crippen LogP contribution in [-0.4, -0.2) is 48.2 Å². The van der Waals surface area contributed by atoms with Crippen molar-refractivity contribution in [2.75, 3.05) is 26.2 Å². The number of likely N-dealkylation sites (tertiary alicyclic amines) is 1. The van der Waals surface area contributed by atoms with Gasteiger partial charge in [-0.15, -0.1) is 24.0 Å². The van der Waals surface area contributed by atoms with Crippen molar-refractivity contribution in [2.45, 2.75) is 58.9 Å². The fourth-order valence-corrected chi connectivity index (χ4v) is 3.84. The molecule has 182 valence electrons. The minimum absolute atomic E-state index is 0. The van der Waals surface area contributed by atoms with Crippen LogP contribution in [0.4, 0.5) is 0 Å². The molecule has 1 atom stereocenters. The summed E-state index contributed by atoms with van der Waals surface area (Å²) in [6.45, 7) is 11.2. The first-order valence-corrected chi connectivity index (χ1v) is 11.8. The average Bonchev–Trinajstić information content (AvgIpc) is 3.29. The summed E-state index contributed by atoms with van der Waals surface area (Å²) in [7, 11) is 0. The summed E-state index contributed by atoms with van der Waals surface area (Å²) in [5, 5.41) is 17.1. The van der Waals surface area contributed by atoms with Crippen LogP contribution in [0, 0.1) is 0 Å². The fourth-order valence-electron chi connectivity index (χ4n) is 3.84. The molecular formula is C26H39IN4O2. The van der Waals surface area contributed by atoms with Crippen molar-refractivity contribution in [1.29, 1.82) is 0 Å². The lowest BCUT2D eigenvalue weighted by Crippen LogP contribution is -2.39. The Hall–Kier alpha value is -1.84. The van der Waals surface area contributed by atoms with E-state index in [1.54, 1.807) is 0 Å². The van der Waals surface area contributed by atoms with E-state index < -0.39 is 6.10 Å². The molecule has 2 aromatic rings. The molecular weight excluding hydrogens is 527 g/mol. The molecule has 0 spiro atoms. The fraction of sp³-hybridized carbons (Fsp3) is 0.500. The summed E-state index contributed by atoms with van der Waals surface area (Å²) in [5.41, 5.74) is 3.35. The molecule has 0 amide bonds. The second-order valence-electron chi connectivity index (χ2n) is 8.63. The van der Waals surface area contributed by atoms with E-state index in [1.165, 1.54) is 37.1 Å². The van der Waals surface area contributed by atoms with Crippen LogP contribution >= 0.6 is 24.0 Å². The number of guanidine groups is 1. The highest BCUT2D eigenvalue weighted by molar-refractivity contribution is 14.0. The molecule has 1 heterocycles. The first-order chi connectivity index (χ1) is 15.5. The molecule has 1 aliphatic rings. The van der Waals surface area contributed by atoms with Gasteiger partial charge in [0.25, 0.3) is 0 Å². The number of hydrogen-bond acceptors (Lipinski definition) is 4. The Morgan fingerprint density at radius 3 is 2.42 bits per heavy atom. The zero-order chi connectivity index (χ0) is 22.8. The van der Waals surface area contributed by atoms with Gasteiger partial charge in [0.05, 0.1) is 18.8 Å². The summed E-state index contributed by atoms with van der Waals surface area (Å²) in [6.07, 6.45) is 2.08. The summed E-state index contributed by atoms with van der Waals surface area (Å²) in [6, 6.07) is 16.3. The van der Waals surface area contributed by atoms with Gasteiger partial charge in [-0.1, -0.05) is 36.4 Å². The summed E-state index contributed by atoms with van der Waals surface area (Å²) < 4.78 is 5.73. The minimum Gasteiger partial charge on any atom is -0.491 e. The Balaban J connectivity index is 0.00000385. The van der Waals surface area contributed by atoms with Crippen molar-refractivity contribution < 1.29 is 9.84 Å². The van der Waals surface area contributed by atoms with Crippen molar-refractivity contribution in [2.24, 2.45) is 4.99 Å². The molecule has 0 saturated carbocycles. The predicted octanol–water partition coefficient (Wildman–Crippen LogP) is 4.48. The Morgan fingerprint density at radius 2 is 1.76 bits per heavy atom. The van der Waals surface area contributed by atoms with Crippen LogP contribution in [0.25, 0.3) is 0 Å².